The first-order chi connectivity index (χ1) is 14.8. The molecular formula is C25H28ClN3O2. The minimum Gasteiger partial charge on any atom is -0.385 e. The highest BCUT2D eigenvalue weighted by Crippen LogP contribution is 2.43. The highest BCUT2D eigenvalue weighted by molar-refractivity contribution is 6.30. The summed E-state index contributed by atoms with van der Waals surface area (Å²) < 4.78 is 5.22. The fraction of sp³-hybridized carbons (Fsp3) is 0.360. The van der Waals surface area contributed by atoms with Gasteiger partial charge in [-0.15, -0.1) is 0 Å². The molecule has 0 saturated heterocycles. The quantitative estimate of drug-likeness (QED) is 0.510. The number of fused-ring (bicyclic) bond motifs is 1. The number of nitrogens with one attached hydrogen (secondary N) is 1. The van der Waals surface area contributed by atoms with Gasteiger partial charge >= 0.3 is 0 Å². The van der Waals surface area contributed by atoms with Crippen molar-refractivity contribution in [2.75, 3.05) is 20.3 Å². The van der Waals surface area contributed by atoms with Crippen LogP contribution in [0.2, 0.25) is 5.02 Å². The fourth-order valence-electron chi connectivity index (χ4n) is 4.15. The number of hydrogen-bond acceptors (Lipinski definition) is 3. The highest BCUT2D eigenvalue weighted by Gasteiger charge is 2.41. The Labute approximate surface area is 188 Å². The van der Waals surface area contributed by atoms with Crippen molar-refractivity contribution in [2.24, 2.45) is 0 Å². The van der Waals surface area contributed by atoms with Crippen molar-refractivity contribution in [3.63, 3.8) is 0 Å². The molecule has 0 fully saturated rings. The van der Waals surface area contributed by atoms with Crippen LogP contribution in [0.4, 0.5) is 0 Å². The maximum atomic E-state index is 13.3. The summed E-state index contributed by atoms with van der Waals surface area (Å²) in [4.78, 5) is 15.2. The summed E-state index contributed by atoms with van der Waals surface area (Å²) in [6.07, 6.45) is 0.771. The van der Waals surface area contributed by atoms with Gasteiger partial charge in [-0.2, -0.15) is 5.10 Å². The van der Waals surface area contributed by atoms with Crippen LogP contribution >= 0.6 is 11.6 Å². The molecule has 1 aliphatic heterocycles. The summed E-state index contributed by atoms with van der Waals surface area (Å²) in [6.45, 7) is 7.82. The monoisotopic (exact) mass is 437 g/mol. The van der Waals surface area contributed by atoms with Crippen LogP contribution in [0.5, 0.6) is 0 Å². The second-order valence-corrected chi connectivity index (χ2v) is 9.42. The Morgan fingerprint density at radius 1 is 1.10 bits per heavy atom. The zero-order valence-electron chi connectivity index (χ0n) is 18.4. The molecule has 5 nitrogen and oxygen atoms in total. The predicted molar refractivity (Wildman–Crippen MR) is 124 cm³/mol. The molecule has 1 atom stereocenters. The van der Waals surface area contributed by atoms with E-state index in [9.17, 15) is 4.79 Å². The molecule has 2 heterocycles. The lowest BCUT2D eigenvalue weighted by Gasteiger charge is -2.27. The molecule has 4 rings (SSSR count). The number of carbonyl (C=O) groups excluding carboxylic acids is 1. The molecule has 0 saturated carbocycles. The highest BCUT2D eigenvalue weighted by atomic mass is 35.5. The molecule has 2 aromatic carbocycles. The second-order valence-electron chi connectivity index (χ2n) is 8.99. The van der Waals surface area contributed by atoms with Crippen molar-refractivity contribution in [1.82, 2.24) is 15.1 Å². The van der Waals surface area contributed by atoms with Crippen LogP contribution in [0.15, 0.2) is 48.5 Å². The summed E-state index contributed by atoms with van der Waals surface area (Å²) in [5, 5.41) is 8.18. The number of benzene rings is 2. The predicted octanol–water partition coefficient (Wildman–Crippen LogP) is 5.61. The molecule has 1 amide bonds. The van der Waals surface area contributed by atoms with Gasteiger partial charge in [-0.05, 0) is 35.1 Å². The topological polar surface area (TPSA) is 58.2 Å². The van der Waals surface area contributed by atoms with Crippen LogP contribution in [0.25, 0.3) is 11.3 Å². The van der Waals surface area contributed by atoms with Crippen molar-refractivity contribution in [3.05, 3.63) is 75.9 Å². The summed E-state index contributed by atoms with van der Waals surface area (Å²) in [5.74, 6) is -0.0243. The number of aromatic amines is 1. The lowest BCUT2D eigenvalue weighted by atomic mass is 9.85. The van der Waals surface area contributed by atoms with Gasteiger partial charge in [0.15, 0.2) is 0 Å². The van der Waals surface area contributed by atoms with Gasteiger partial charge in [0, 0.05) is 36.4 Å². The number of rotatable bonds is 6. The van der Waals surface area contributed by atoms with E-state index in [0.29, 0.717) is 23.9 Å². The van der Waals surface area contributed by atoms with Crippen molar-refractivity contribution in [3.8, 4) is 11.3 Å². The van der Waals surface area contributed by atoms with Gasteiger partial charge in [0.1, 0.15) is 5.69 Å². The molecule has 1 N–H and O–H groups in total. The van der Waals surface area contributed by atoms with Gasteiger partial charge < -0.3 is 9.64 Å². The van der Waals surface area contributed by atoms with Crippen LogP contribution < -0.4 is 0 Å². The number of amides is 1. The van der Waals surface area contributed by atoms with Gasteiger partial charge in [-0.25, -0.2) is 0 Å². The van der Waals surface area contributed by atoms with Crippen molar-refractivity contribution >= 4 is 17.5 Å². The zero-order valence-corrected chi connectivity index (χ0v) is 19.2. The first-order valence-electron chi connectivity index (χ1n) is 10.6. The third kappa shape index (κ3) is 4.12. The van der Waals surface area contributed by atoms with Crippen LogP contribution in [0.3, 0.4) is 0 Å². The van der Waals surface area contributed by atoms with E-state index in [1.807, 2.05) is 29.2 Å². The van der Waals surface area contributed by atoms with Crippen LogP contribution in [0.1, 0.15) is 60.4 Å². The summed E-state index contributed by atoms with van der Waals surface area (Å²) in [6, 6.07) is 16.0. The third-order valence-corrected chi connectivity index (χ3v) is 6.07. The Kier molecular flexibility index (Phi) is 5.91. The summed E-state index contributed by atoms with van der Waals surface area (Å²) >= 11 is 6.08. The SMILES string of the molecule is COCCCN1C(=O)c2[nH]nc(-c3ccc(Cl)cc3)c2C1c1ccc(C(C)(C)C)cc1. The minimum absolute atomic E-state index is 0.0243. The molecule has 1 unspecified atom stereocenters. The minimum atomic E-state index is -0.196. The van der Waals surface area contributed by atoms with Gasteiger partial charge in [0.05, 0.1) is 11.7 Å². The average molecular weight is 438 g/mol. The Morgan fingerprint density at radius 2 is 1.77 bits per heavy atom. The van der Waals surface area contributed by atoms with E-state index in [-0.39, 0.29) is 17.4 Å². The van der Waals surface area contributed by atoms with E-state index in [2.05, 4.69) is 55.2 Å². The number of halogens is 1. The van der Waals surface area contributed by atoms with E-state index in [4.69, 9.17) is 16.3 Å². The van der Waals surface area contributed by atoms with Crippen LogP contribution in [-0.4, -0.2) is 41.3 Å². The molecule has 0 aliphatic carbocycles. The number of carbonyl (C=O) groups is 1. The average Bonchev–Trinajstić information content (AvgIpc) is 3.28. The lowest BCUT2D eigenvalue weighted by Crippen LogP contribution is -2.31. The number of nitrogens with zero attached hydrogens (tertiary/aromatic N) is 2. The Balaban J connectivity index is 1.79. The van der Waals surface area contributed by atoms with Gasteiger partial charge in [0.2, 0.25) is 0 Å². The maximum Gasteiger partial charge on any atom is 0.273 e. The lowest BCUT2D eigenvalue weighted by molar-refractivity contribution is 0.0723. The molecule has 0 bridgehead atoms. The second kappa shape index (κ2) is 8.48. The number of methoxy groups -OCH3 is 1. The molecule has 1 aromatic heterocycles. The largest absolute Gasteiger partial charge is 0.385 e. The van der Waals surface area contributed by atoms with Crippen LogP contribution in [0, 0.1) is 0 Å². The van der Waals surface area contributed by atoms with Crippen molar-refractivity contribution in [1.29, 1.82) is 0 Å². The zero-order chi connectivity index (χ0) is 22.2. The van der Waals surface area contributed by atoms with Gasteiger partial charge in [-0.3, -0.25) is 9.89 Å². The molecule has 1 aliphatic rings. The molecule has 162 valence electrons. The van der Waals surface area contributed by atoms with Gasteiger partial charge in [0.25, 0.3) is 5.91 Å². The first-order valence-corrected chi connectivity index (χ1v) is 10.9. The van der Waals surface area contributed by atoms with Crippen molar-refractivity contribution in [2.45, 2.75) is 38.6 Å². The molecule has 0 radical (unpaired) electrons. The molecule has 3 aromatic rings. The van der Waals surface area contributed by atoms with Crippen molar-refractivity contribution < 1.29 is 9.53 Å². The molecule has 6 heteroatoms. The van der Waals surface area contributed by atoms with Crippen LogP contribution in [-0.2, 0) is 10.2 Å². The Hall–Kier alpha value is -2.63. The summed E-state index contributed by atoms with van der Waals surface area (Å²) in [7, 11) is 1.68. The number of ether oxygens (including phenoxy) is 1. The third-order valence-electron chi connectivity index (χ3n) is 5.82. The smallest absolute Gasteiger partial charge is 0.273 e. The number of aromatic nitrogens is 2. The van der Waals surface area contributed by atoms with E-state index in [0.717, 1.165) is 28.8 Å². The maximum absolute atomic E-state index is 13.3. The van der Waals surface area contributed by atoms with E-state index in [1.54, 1.807) is 7.11 Å². The van der Waals surface area contributed by atoms with E-state index < -0.39 is 0 Å². The van der Waals surface area contributed by atoms with E-state index in [1.165, 1.54) is 5.56 Å². The Morgan fingerprint density at radius 3 is 2.39 bits per heavy atom. The molecule has 31 heavy (non-hydrogen) atoms. The van der Waals surface area contributed by atoms with Gasteiger partial charge in [-0.1, -0.05) is 68.8 Å². The normalized spacial score (nSPS) is 16.1. The van der Waals surface area contributed by atoms with E-state index >= 15 is 0 Å². The molecular weight excluding hydrogens is 410 g/mol. The number of H-pyrrole nitrogens is 1. The number of hydrogen-bond donors (Lipinski definition) is 1. The first kappa shape index (κ1) is 21.6. The summed E-state index contributed by atoms with van der Waals surface area (Å²) in [5.41, 5.74) is 5.62. The molecule has 0 spiro atoms. The standard InChI is InChI=1S/C25H28ClN3O2/c1-25(2,3)18-10-6-17(7-11-18)23-20-21(16-8-12-19(26)13-9-16)27-28-22(20)24(30)29(23)14-5-15-31-4/h6-13,23H,5,14-15H2,1-4H3,(H,27,28). The Bertz CT molecular complexity index is 1070. The fourth-order valence-corrected chi connectivity index (χ4v) is 4.27.